The minimum Gasteiger partial charge on any atom is -0.496 e. The Balaban J connectivity index is 1.69. The molecule has 0 atom stereocenters. The highest BCUT2D eigenvalue weighted by atomic mass is 32.2. The quantitative estimate of drug-likeness (QED) is 0.421. The van der Waals surface area contributed by atoms with Crippen LogP contribution in [0.5, 0.6) is 5.75 Å². The largest absolute Gasteiger partial charge is 0.496 e. The zero-order valence-electron chi connectivity index (χ0n) is 26.6. The molecule has 1 amide bonds. The van der Waals surface area contributed by atoms with Crippen molar-refractivity contribution >= 4 is 27.5 Å². The van der Waals surface area contributed by atoms with Gasteiger partial charge in [0.05, 0.1) is 24.0 Å². The first-order chi connectivity index (χ1) is 20.4. The smallest absolute Gasteiger partial charge is 0.283 e. The van der Waals surface area contributed by atoms with Crippen LogP contribution in [-0.2, 0) is 24.3 Å². The van der Waals surface area contributed by atoms with Crippen LogP contribution in [-0.4, -0.2) is 43.2 Å². The van der Waals surface area contributed by atoms with Crippen molar-refractivity contribution < 1.29 is 32.3 Å². The average Bonchev–Trinajstić information content (AvgIpc) is 2.90. The first-order valence-corrected chi connectivity index (χ1v) is 16.4. The van der Waals surface area contributed by atoms with Gasteiger partial charge in [0.15, 0.2) is 11.6 Å². The number of rotatable bonds is 6. The molecule has 0 radical (unpaired) electrons. The lowest BCUT2D eigenvalue weighted by Gasteiger charge is -2.43. The van der Waals surface area contributed by atoms with Crippen molar-refractivity contribution in [2.75, 3.05) is 7.11 Å². The number of carbonyl (C=O) groups excluding carboxylic acids is 3. The van der Waals surface area contributed by atoms with Crippen LogP contribution < -0.4 is 9.46 Å². The number of sulfonamides is 1. The first-order valence-electron chi connectivity index (χ1n) is 14.9. The topological polar surface area (TPSA) is 129 Å². The van der Waals surface area contributed by atoms with Gasteiger partial charge in [-0.3, -0.25) is 14.4 Å². The van der Waals surface area contributed by atoms with Gasteiger partial charge in [-0.25, -0.2) is 18.1 Å². The van der Waals surface area contributed by atoms with Crippen LogP contribution in [0.15, 0.2) is 53.0 Å². The maximum atomic E-state index is 13.9. The van der Waals surface area contributed by atoms with E-state index in [9.17, 15) is 22.8 Å². The molecule has 234 valence electrons. The van der Waals surface area contributed by atoms with E-state index in [2.05, 4.69) is 9.71 Å². The maximum absolute atomic E-state index is 13.9. The molecule has 1 aromatic carbocycles. The number of Topliss-reactive ketones (excluding diaryl/α,β-unsaturated/α-hetero) is 2. The Kier molecular flexibility index (Phi) is 7.89. The average molecular weight is 621 g/mol. The molecule has 2 heterocycles. The number of ether oxygens (including phenoxy) is 2. The third-order valence-electron chi connectivity index (χ3n) is 8.68. The van der Waals surface area contributed by atoms with Gasteiger partial charge in [0.2, 0.25) is 10.0 Å². The van der Waals surface area contributed by atoms with Crippen molar-refractivity contribution in [2.45, 2.75) is 85.3 Å². The first kappa shape index (κ1) is 31.6. The van der Waals surface area contributed by atoms with Crippen LogP contribution in [0.4, 0.5) is 0 Å². The Bertz CT molecular complexity index is 1710. The van der Waals surface area contributed by atoms with Crippen LogP contribution >= 0.6 is 0 Å². The monoisotopic (exact) mass is 620 g/mol. The van der Waals surface area contributed by atoms with Gasteiger partial charge >= 0.3 is 0 Å². The standard InChI is InChI=1S/C34H40N2O7S/c1-18(2)44(40,41)36-32(39)22-11-9-10-21(35-22)20-12-13-25(42-8)28(19(20)3)31-29-23(37)14-33(4,5)16-26(29)43-27-17-34(6,7)15-24(38)30(27)31/h9-13,18,31H,14-17H2,1-8H3,(H,36,39). The second-order valence-electron chi connectivity index (χ2n) is 13.9. The molecule has 2 aliphatic carbocycles. The molecule has 44 heavy (non-hydrogen) atoms. The third kappa shape index (κ3) is 5.72. The number of hydrogen-bond donors (Lipinski definition) is 1. The summed E-state index contributed by atoms with van der Waals surface area (Å²) in [7, 11) is -2.30. The highest BCUT2D eigenvalue weighted by Gasteiger charge is 2.49. The van der Waals surface area contributed by atoms with Gasteiger partial charge in [0.1, 0.15) is 23.0 Å². The SMILES string of the molecule is COc1ccc(-c2cccc(C(=O)NS(=O)(=O)C(C)C)n2)c(C)c1C1C2=C(CC(C)(C)CC2=O)OC2=C1C(=O)CC(C)(C)C2. The lowest BCUT2D eigenvalue weighted by Crippen LogP contribution is -2.38. The van der Waals surface area contributed by atoms with Gasteiger partial charge in [-0.05, 0) is 61.4 Å². The molecule has 1 aromatic heterocycles. The number of benzene rings is 1. The van der Waals surface area contributed by atoms with Crippen LogP contribution in [0.3, 0.4) is 0 Å². The summed E-state index contributed by atoms with van der Waals surface area (Å²) < 4.78 is 39.1. The number of aromatic nitrogens is 1. The normalized spacial score (nSPS) is 19.8. The fourth-order valence-electron chi connectivity index (χ4n) is 6.49. The second kappa shape index (κ2) is 11.0. The van der Waals surface area contributed by atoms with Crippen molar-refractivity contribution in [3.8, 4) is 17.0 Å². The van der Waals surface area contributed by atoms with Crippen LogP contribution in [0.1, 0.15) is 94.8 Å². The predicted molar refractivity (Wildman–Crippen MR) is 166 cm³/mol. The van der Waals surface area contributed by atoms with E-state index in [4.69, 9.17) is 9.47 Å². The van der Waals surface area contributed by atoms with Gasteiger partial charge in [0.25, 0.3) is 5.91 Å². The predicted octanol–water partition coefficient (Wildman–Crippen LogP) is 5.93. The summed E-state index contributed by atoms with van der Waals surface area (Å²) in [5.74, 6) is 0.112. The molecular formula is C34H40N2O7S. The molecule has 1 N–H and O–H groups in total. The molecule has 1 aliphatic heterocycles. The van der Waals surface area contributed by atoms with E-state index < -0.39 is 27.1 Å². The fourth-order valence-corrected chi connectivity index (χ4v) is 7.09. The molecule has 5 rings (SSSR count). The Labute approximate surface area is 259 Å². The second-order valence-corrected chi connectivity index (χ2v) is 16.1. The third-order valence-corrected chi connectivity index (χ3v) is 10.4. The Morgan fingerprint density at radius 3 is 2.05 bits per heavy atom. The Hall–Kier alpha value is -3.79. The molecule has 0 saturated carbocycles. The van der Waals surface area contributed by atoms with E-state index in [1.54, 1.807) is 25.3 Å². The van der Waals surface area contributed by atoms with E-state index in [0.717, 1.165) is 5.56 Å². The number of nitrogens with zero attached hydrogens (tertiary/aromatic N) is 1. The van der Waals surface area contributed by atoms with Gasteiger partial charge in [0, 0.05) is 48.0 Å². The highest BCUT2D eigenvalue weighted by Crippen LogP contribution is 2.55. The number of carbonyl (C=O) groups is 3. The molecular weight excluding hydrogens is 580 g/mol. The van der Waals surface area contributed by atoms with Gasteiger partial charge in [-0.2, -0.15) is 0 Å². The molecule has 9 nitrogen and oxygen atoms in total. The number of methoxy groups -OCH3 is 1. The molecule has 3 aliphatic rings. The lowest BCUT2D eigenvalue weighted by atomic mass is 9.65. The zero-order chi connectivity index (χ0) is 32.4. The summed E-state index contributed by atoms with van der Waals surface area (Å²) in [6, 6.07) is 8.41. The van der Waals surface area contributed by atoms with Gasteiger partial charge in [-0.15, -0.1) is 0 Å². The Morgan fingerprint density at radius 1 is 0.955 bits per heavy atom. The summed E-state index contributed by atoms with van der Waals surface area (Å²) in [4.78, 5) is 45.1. The van der Waals surface area contributed by atoms with Crippen molar-refractivity contribution in [1.82, 2.24) is 9.71 Å². The number of ketones is 2. The molecule has 0 fully saturated rings. The number of allylic oxidation sites excluding steroid dienone is 4. The van der Waals surface area contributed by atoms with Crippen molar-refractivity contribution in [3.63, 3.8) is 0 Å². The molecule has 0 bridgehead atoms. The van der Waals surface area contributed by atoms with Gasteiger partial charge in [-0.1, -0.05) is 33.8 Å². The number of pyridine rings is 1. The van der Waals surface area contributed by atoms with Crippen LogP contribution in [0.2, 0.25) is 0 Å². The zero-order valence-corrected chi connectivity index (χ0v) is 27.4. The molecule has 0 spiro atoms. The van der Waals surface area contributed by atoms with Crippen molar-refractivity contribution in [3.05, 3.63) is 69.8 Å². The highest BCUT2D eigenvalue weighted by molar-refractivity contribution is 7.90. The van der Waals surface area contributed by atoms with Crippen LogP contribution in [0.25, 0.3) is 11.3 Å². The maximum Gasteiger partial charge on any atom is 0.283 e. The van der Waals surface area contributed by atoms with E-state index in [1.807, 2.05) is 40.7 Å². The molecule has 10 heteroatoms. The summed E-state index contributed by atoms with van der Waals surface area (Å²) in [5.41, 5.74) is 2.85. The fraction of sp³-hybridized carbons (Fsp3) is 0.471. The van der Waals surface area contributed by atoms with Gasteiger partial charge < -0.3 is 9.47 Å². The van der Waals surface area contributed by atoms with E-state index in [1.165, 1.54) is 19.9 Å². The molecule has 0 saturated heterocycles. The van der Waals surface area contributed by atoms with Crippen LogP contribution in [0, 0.1) is 17.8 Å². The van der Waals surface area contributed by atoms with E-state index >= 15 is 0 Å². The summed E-state index contributed by atoms with van der Waals surface area (Å²) in [5, 5.41) is -0.792. The summed E-state index contributed by atoms with van der Waals surface area (Å²) in [6.45, 7) is 13.0. The summed E-state index contributed by atoms with van der Waals surface area (Å²) in [6.07, 6.45) is 1.78. The Morgan fingerprint density at radius 2 is 1.52 bits per heavy atom. The summed E-state index contributed by atoms with van der Waals surface area (Å²) >= 11 is 0. The minimum atomic E-state index is -3.85. The number of hydrogen-bond acceptors (Lipinski definition) is 8. The molecule has 2 aromatic rings. The minimum absolute atomic E-state index is 0.0551. The van der Waals surface area contributed by atoms with E-state index in [0.29, 0.717) is 70.9 Å². The lowest BCUT2D eigenvalue weighted by molar-refractivity contribution is -0.120. The number of nitrogens with one attached hydrogen (secondary N) is 1. The van der Waals surface area contributed by atoms with Crippen molar-refractivity contribution in [2.24, 2.45) is 10.8 Å². The van der Waals surface area contributed by atoms with Crippen molar-refractivity contribution in [1.29, 1.82) is 0 Å². The molecule has 0 unspecified atom stereocenters. The van der Waals surface area contributed by atoms with E-state index in [-0.39, 0.29) is 28.1 Å². The number of amides is 1.